The Balaban J connectivity index is 1.58. The molecule has 20 heavy (non-hydrogen) atoms. The van der Waals surface area contributed by atoms with Gasteiger partial charge in [0, 0.05) is 24.5 Å². The van der Waals surface area contributed by atoms with Gasteiger partial charge in [0.05, 0.1) is 6.54 Å². The molecule has 0 saturated heterocycles. The number of hydrogen-bond acceptors (Lipinski definition) is 3. The second-order valence-corrected chi connectivity index (χ2v) is 5.09. The van der Waals surface area contributed by atoms with Crippen LogP contribution in [0, 0.1) is 0 Å². The molecule has 0 spiro atoms. The highest BCUT2D eigenvalue weighted by Crippen LogP contribution is 2.21. The highest BCUT2D eigenvalue weighted by molar-refractivity contribution is 5.92. The Bertz CT molecular complexity index is 614. The molecule has 1 heterocycles. The number of anilines is 2. The minimum atomic E-state index is -0.0107. The van der Waals surface area contributed by atoms with Crippen LogP contribution in [0.15, 0.2) is 48.5 Å². The number of nitrogen functional groups attached to an aromatic ring is 1. The molecule has 1 aliphatic heterocycles. The van der Waals surface area contributed by atoms with E-state index in [1.807, 2.05) is 24.3 Å². The summed E-state index contributed by atoms with van der Waals surface area (Å²) in [5.41, 5.74) is 9.70. The van der Waals surface area contributed by atoms with Crippen LogP contribution >= 0.6 is 0 Å². The lowest BCUT2D eigenvalue weighted by molar-refractivity contribution is -0.117. The van der Waals surface area contributed by atoms with Crippen LogP contribution in [0.4, 0.5) is 11.4 Å². The number of rotatable bonds is 3. The largest absolute Gasteiger partial charge is 0.399 e. The third kappa shape index (κ3) is 2.81. The first-order valence-electron chi connectivity index (χ1n) is 6.65. The van der Waals surface area contributed by atoms with Crippen LogP contribution in [0.25, 0.3) is 0 Å². The molecule has 102 valence electrons. The molecule has 2 aromatic rings. The predicted octanol–water partition coefficient (Wildman–Crippen LogP) is 2.22. The van der Waals surface area contributed by atoms with Crippen LogP contribution < -0.4 is 11.1 Å². The molecule has 3 N–H and O–H groups in total. The smallest absolute Gasteiger partial charge is 0.238 e. The van der Waals surface area contributed by atoms with Crippen molar-refractivity contribution in [1.29, 1.82) is 0 Å². The van der Waals surface area contributed by atoms with E-state index in [9.17, 15) is 4.79 Å². The summed E-state index contributed by atoms with van der Waals surface area (Å²) >= 11 is 0. The van der Waals surface area contributed by atoms with Gasteiger partial charge in [-0.1, -0.05) is 30.3 Å². The first kappa shape index (κ1) is 12.7. The van der Waals surface area contributed by atoms with E-state index >= 15 is 0 Å². The molecular formula is C16H17N3O. The maximum Gasteiger partial charge on any atom is 0.238 e. The number of hydrogen-bond donors (Lipinski definition) is 2. The lowest BCUT2D eigenvalue weighted by atomic mass is 10.1. The first-order chi connectivity index (χ1) is 9.70. The number of nitrogens with two attached hydrogens (primary N) is 1. The van der Waals surface area contributed by atoms with E-state index < -0.39 is 0 Å². The van der Waals surface area contributed by atoms with E-state index in [0.29, 0.717) is 12.2 Å². The molecule has 4 heteroatoms. The van der Waals surface area contributed by atoms with Gasteiger partial charge in [-0.15, -0.1) is 0 Å². The van der Waals surface area contributed by atoms with Crippen molar-refractivity contribution in [1.82, 2.24) is 4.90 Å². The molecule has 0 aliphatic carbocycles. The minimum absolute atomic E-state index is 0.0107. The summed E-state index contributed by atoms with van der Waals surface area (Å²) < 4.78 is 0. The molecule has 2 aromatic carbocycles. The topological polar surface area (TPSA) is 58.4 Å². The Labute approximate surface area is 118 Å². The van der Waals surface area contributed by atoms with Gasteiger partial charge in [0.1, 0.15) is 0 Å². The highest BCUT2D eigenvalue weighted by Gasteiger charge is 2.20. The van der Waals surface area contributed by atoms with Crippen LogP contribution in [0.2, 0.25) is 0 Å². The standard InChI is InChI=1S/C16H17N3O/c17-14-6-3-7-15(8-14)18-16(20)11-19-9-12-4-1-2-5-13(12)10-19/h1-8H,9-11,17H2,(H,18,20). The van der Waals surface area contributed by atoms with Crippen molar-refractivity contribution < 1.29 is 4.79 Å². The molecule has 0 fully saturated rings. The Morgan fingerprint density at radius 1 is 1.10 bits per heavy atom. The number of fused-ring (bicyclic) bond motifs is 1. The van der Waals surface area contributed by atoms with E-state index in [1.165, 1.54) is 11.1 Å². The van der Waals surface area contributed by atoms with Gasteiger partial charge in [-0.25, -0.2) is 0 Å². The van der Waals surface area contributed by atoms with Crippen molar-refractivity contribution >= 4 is 17.3 Å². The van der Waals surface area contributed by atoms with E-state index in [1.54, 1.807) is 12.1 Å². The van der Waals surface area contributed by atoms with Gasteiger partial charge < -0.3 is 11.1 Å². The van der Waals surface area contributed by atoms with Crippen molar-refractivity contribution in [3.8, 4) is 0 Å². The number of benzene rings is 2. The fraction of sp³-hybridized carbons (Fsp3) is 0.188. The summed E-state index contributed by atoms with van der Waals surface area (Å²) in [6.07, 6.45) is 0. The van der Waals surface area contributed by atoms with Gasteiger partial charge in [0.2, 0.25) is 5.91 Å². The molecule has 4 nitrogen and oxygen atoms in total. The zero-order valence-electron chi connectivity index (χ0n) is 11.2. The monoisotopic (exact) mass is 267 g/mol. The van der Waals surface area contributed by atoms with Gasteiger partial charge in [-0.3, -0.25) is 9.69 Å². The van der Waals surface area contributed by atoms with Crippen LogP contribution in [0.1, 0.15) is 11.1 Å². The predicted molar refractivity (Wildman–Crippen MR) is 80.0 cm³/mol. The summed E-state index contributed by atoms with van der Waals surface area (Å²) in [6.45, 7) is 2.06. The Morgan fingerprint density at radius 3 is 2.45 bits per heavy atom. The average molecular weight is 267 g/mol. The van der Waals surface area contributed by atoms with Crippen LogP contribution in [0.5, 0.6) is 0 Å². The molecule has 1 amide bonds. The third-order valence-corrected chi connectivity index (χ3v) is 3.44. The summed E-state index contributed by atoms with van der Waals surface area (Å²) in [4.78, 5) is 14.2. The van der Waals surface area contributed by atoms with Crippen LogP contribution in [-0.2, 0) is 17.9 Å². The second-order valence-electron chi connectivity index (χ2n) is 5.09. The van der Waals surface area contributed by atoms with Crippen molar-refractivity contribution in [3.05, 3.63) is 59.7 Å². The maximum absolute atomic E-state index is 12.0. The number of amides is 1. The summed E-state index contributed by atoms with van der Waals surface area (Å²) in [7, 11) is 0. The quantitative estimate of drug-likeness (QED) is 0.838. The summed E-state index contributed by atoms with van der Waals surface area (Å²) in [5, 5.41) is 2.88. The van der Waals surface area contributed by atoms with E-state index in [4.69, 9.17) is 5.73 Å². The second kappa shape index (κ2) is 5.35. The zero-order chi connectivity index (χ0) is 13.9. The van der Waals surface area contributed by atoms with Crippen LogP contribution in [-0.4, -0.2) is 17.4 Å². The third-order valence-electron chi connectivity index (χ3n) is 3.44. The molecule has 1 aliphatic rings. The lowest BCUT2D eigenvalue weighted by Crippen LogP contribution is -2.29. The molecule has 0 saturated carbocycles. The lowest BCUT2D eigenvalue weighted by Gasteiger charge is -2.14. The molecule has 0 atom stereocenters. The fourth-order valence-electron chi connectivity index (χ4n) is 2.54. The molecule has 0 bridgehead atoms. The van der Waals surface area contributed by atoms with E-state index in [-0.39, 0.29) is 5.91 Å². The van der Waals surface area contributed by atoms with Gasteiger partial charge in [-0.05, 0) is 29.3 Å². The summed E-state index contributed by atoms with van der Waals surface area (Å²) in [5.74, 6) is -0.0107. The maximum atomic E-state index is 12.0. The number of carbonyl (C=O) groups excluding carboxylic acids is 1. The summed E-state index contributed by atoms with van der Waals surface area (Å²) in [6, 6.07) is 15.5. The first-order valence-corrected chi connectivity index (χ1v) is 6.65. The Kier molecular flexibility index (Phi) is 3.39. The van der Waals surface area contributed by atoms with Crippen LogP contribution in [0.3, 0.4) is 0 Å². The average Bonchev–Trinajstić information content (AvgIpc) is 2.80. The van der Waals surface area contributed by atoms with Gasteiger partial charge in [0.15, 0.2) is 0 Å². The van der Waals surface area contributed by atoms with Crippen molar-refractivity contribution in [3.63, 3.8) is 0 Å². The molecule has 0 unspecified atom stereocenters. The highest BCUT2D eigenvalue weighted by atomic mass is 16.2. The number of carbonyl (C=O) groups is 1. The Morgan fingerprint density at radius 2 is 1.80 bits per heavy atom. The molecule has 3 rings (SSSR count). The Hall–Kier alpha value is -2.33. The molecular weight excluding hydrogens is 250 g/mol. The van der Waals surface area contributed by atoms with Gasteiger partial charge in [-0.2, -0.15) is 0 Å². The number of nitrogens with one attached hydrogen (secondary N) is 1. The van der Waals surface area contributed by atoms with Gasteiger partial charge >= 0.3 is 0 Å². The minimum Gasteiger partial charge on any atom is -0.399 e. The van der Waals surface area contributed by atoms with Gasteiger partial charge in [0.25, 0.3) is 0 Å². The molecule has 0 radical (unpaired) electrons. The number of nitrogens with zero attached hydrogens (tertiary/aromatic N) is 1. The van der Waals surface area contributed by atoms with Crippen molar-refractivity contribution in [2.75, 3.05) is 17.6 Å². The van der Waals surface area contributed by atoms with E-state index in [0.717, 1.165) is 18.8 Å². The van der Waals surface area contributed by atoms with E-state index in [2.05, 4.69) is 22.3 Å². The van der Waals surface area contributed by atoms with Crippen molar-refractivity contribution in [2.24, 2.45) is 0 Å². The molecule has 0 aromatic heterocycles. The fourth-order valence-corrected chi connectivity index (χ4v) is 2.54. The SMILES string of the molecule is Nc1cccc(NC(=O)CN2Cc3ccccc3C2)c1. The normalized spacial score (nSPS) is 14.0. The zero-order valence-corrected chi connectivity index (χ0v) is 11.2. The van der Waals surface area contributed by atoms with Crippen molar-refractivity contribution in [2.45, 2.75) is 13.1 Å².